The van der Waals surface area contributed by atoms with Crippen molar-refractivity contribution in [1.29, 1.82) is 0 Å². The normalized spacial score (nSPS) is 15.2. The van der Waals surface area contributed by atoms with Crippen molar-refractivity contribution in [2.75, 3.05) is 24.6 Å². The summed E-state index contributed by atoms with van der Waals surface area (Å²) < 4.78 is 222. The molecule has 20 heteroatoms. The predicted molar refractivity (Wildman–Crippen MR) is 203 cm³/mol. The molecule has 0 fully saturated rings. The van der Waals surface area contributed by atoms with E-state index in [9.17, 15) is 78.4 Å². The number of alkyl halides is 15. The van der Waals surface area contributed by atoms with Crippen molar-refractivity contribution < 1.29 is 78.4 Å². The Labute approximate surface area is 334 Å². The molecule has 0 nitrogen and oxygen atoms in total. The first kappa shape index (κ1) is 59.7. The average molecular weight is 929 g/mol. The number of hydrogen-bond donors (Lipinski definition) is 0. The summed E-state index contributed by atoms with van der Waals surface area (Å²) >= 11 is 0. The van der Waals surface area contributed by atoms with Crippen LogP contribution in [0.3, 0.4) is 0 Å². The van der Waals surface area contributed by atoms with Gasteiger partial charge in [-0.15, -0.1) is 0 Å². The van der Waals surface area contributed by atoms with Crippen molar-refractivity contribution >= 4 is 14.1 Å². The molecule has 0 rings (SSSR count). The Morgan fingerprint density at radius 3 is 0.603 bits per heavy atom. The Hall–Kier alpha value is -0.400. The van der Waals surface area contributed by atoms with Gasteiger partial charge in [-0.25, -0.2) is 0 Å². The van der Waals surface area contributed by atoms with Crippen LogP contribution in [0.15, 0.2) is 0 Å². The van der Waals surface area contributed by atoms with E-state index in [0.29, 0.717) is 0 Å². The molecule has 0 bridgehead atoms. The first-order valence-corrected chi connectivity index (χ1v) is 25.7. The number of halogens is 18. The molecule has 0 saturated carbocycles. The fraction of sp³-hybridized carbons (Fsp3) is 1.00. The zero-order valence-electron chi connectivity index (χ0n) is 34.5. The summed E-state index contributed by atoms with van der Waals surface area (Å²) in [5, 5.41) is 0. The van der Waals surface area contributed by atoms with Crippen LogP contribution in [0.25, 0.3) is 0 Å². The molecule has 0 amide bonds. The Balaban J connectivity index is 0. The van der Waals surface area contributed by atoms with E-state index in [1.165, 1.54) is 128 Å². The van der Waals surface area contributed by atoms with Gasteiger partial charge in [0.15, 0.2) is 0 Å². The van der Waals surface area contributed by atoms with Gasteiger partial charge in [-0.05, 0) is 51.4 Å². The molecule has 0 aliphatic carbocycles. The van der Waals surface area contributed by atoms with E-state index in [0.717, 1.165) is 0 Å². The van der Waals surface area contributed by atoms with Crippen molar-refractivity contribution in [3.05, 3.63) is 0 Å². The molecule has 0 unspecified atom stereocenters. The second-order valence-corrected chi connectivity index (χ2v) is 24.4. The second-order valence-electron chi connectivity index (χ2n) is 15.7. The van der Waals surface area contributed by atoms with Crippen LogP contribution in [-0.2, 0) is 0 Å². The summed E-state index contributed by atoms with van der Waals surface area (Å²) in [4.78, 5) is 0. The SMILES string of the molecule is CCCCCCCCCCCCCC[P+](CCCCCC)(CCCCCC)CCCCCC.FC(F)(F)C(F)(F)[P-](F)(F)(F)(C(F)(F)C(F)(F)F)C(F)(F)C(F)(F)F. The van der Waals surface area contributed by atoms with Crippen molar-refractivity contribution in [2.24, 2.45) is 0 Å². The van der Waals surface area contributed by atoms with Crippen LogP contribution in [0, 0.1) is 0 Å². The molecule has 58 heavy (non-hydrogen) atoms. The van der Waals surface area contributed by atoms with Crippen molar-refractivity contribution in [3.63, 3.8) is 0 Å². The number of hydrogen-bond acceptors (Lipinski definition) is 0. The third-order valence-corrected chi connectivity index (χ3v) is 20.2. The molecule has 0 radical (unpaired) electrons. The maximum atomic E-state index is 13.4. The van der Waals surface area contributed by atoms with Gasteiger partial charge in [-0.2, -0.15) is 0 Å². The summed E-state index contributed by atoms with van der Waals surface area (Å²) in [6, 6.07) is 0. The van der Waals surface area contributed by atoms with Gasteiger partial charge in [0, 0.05) is 7.26 Å². The summed E-state index contributed by atoms with van der Waals surface area (Å²) in [6.45, 7) is -5.59. The van der Waals surface area contributed by atoms with Crippen LogP contribution < -0.4 is 0 Å². The fourth-order valence-electron chi connectivity index (χ4n) is 6.92. The van der Waals surface area contributed by atoms with E-state index in [2.05, 4.69) is 27.7 Å². The molecule has 0 heterocycles. The second kappa shape index (κ2) is 24.4. The van der Waals surface area contributed by atoms with Gasteiger partial charge in [0.1, 0.15) is 0 Å². The molecule has 0 aromatic carbocycles. The first-order chi connectivity index (χ1) is 26.3. The van der Waals surface area contributed by atoms with E-state index >= 15 is 0 Å². The maximum absolute atomic E-state index is 15.0. The van der Waals surface area contributed by atoms with Crippen molar-refractivity contribution in [2.45, 2.75) is 217 Å². The molecular weight excluding hydrogens is 860 g/mol. The molecule has 0 aliphatic heterocycles. The number of rotatable bonds is 31. The third kappa shape index (κ3) is 14.3. The Morgan fingerprint density at radius 2 is 0.431 bits per heavy atom. The van der Waals surface area contributed by atoms with Crippen LogP contribution >= 0.6 is 14.1 Å². The zero-order chi connectivity index (χ0) is 45.7. The standard InChI is InChI=1S/C32H68P.C6F18P/c1-5-9-13-17-18-19-20-21-22-23-24-28-32-33(29-25-14-10-6-2,30-26-15-11-7-3)31-27-16-12-8-4;7-1(8,9)4(16,17)25(22,23,24,5(18,19)2(10,11)12)6(20,21)3(13,14)15/h5-32H2,1-4H3;/q+1;-1. The molecular formula is C38H68F18P2. The number of unbranched alkanes of at least 4 members (excludes halogenated alkanes) is 20. The van der Waals surface area contributed by atoms with E-state index in [4.69, 9.17) is 0 Å². The Kier molecular flexibility index (Phi) is 25.2. The Morgan fingerprint density at radius 1 is 0.276 bits per heavy atom. The monoisotopic (exact) mass is 928 g/mol. The summed E-state index contributed by atoms with van der Waals surface area (Å²) in [6.07, 6.45) is 16.0. The van der Waals surface area contributed by atoms with Crippen LogP contribution in [0.4, 0.5) is 78.4 Å². The first-order valence-electron chi connectivity index (χ1n) is 20.9. The summed E-state index contributed by atoms with van der Waals surface area (Å²) in [7, 11) is -0.697. The molecule has 0 N–H and O–H groups in total. The van der Waals surface area contributed by atoms with Crippen LogP contribution in [-0.4, -0.2) is 60.2 Å². The van der Waals surface area contributed by atoms with Gasteiger partial charge in [-0.3, -0.25) is 0 Å². The Bertz CT molecular complexity index is 984. The van der Waals surface area contributed by atoms with E-state index in [1.54, 1.807) is 50.3 Å². The topological polar surface area (TPSA) is 0 Å². The zero-order valence-corrected chi connectivity index (χ0v) is 36.3. The van der Waals surface area contributed by atoms with Crippen LogP contribution in [0.2, 0.25) is 0 Å². The van der Waals surface area contributed by atoms with Gasteiger partial charge < -0.3 is 0 Å². The minimum absolute atomic E-state index is 0.697. The summed E-state index contributed by atoms with van der Waals surface area (Å²) in [5.41, 5.74) is -29.3. The molecule has 0 atom stereocenters. The van der Waals surface area contributed by atoms with Crippen LogP contribution in [0.5, 0.6) is 0 Å². The molecule has 356 valence electrons. The van der Waals surface area contributed by atoms with Gasteiger partial charge >= 0.3 is 121 Å². The van der Waals surface area contributed by atoms with Gasteiger partial charge in [0.2, 0.25) is 0 Å². The molecule has 0 aromatic heterocycles. The molecule has 0 aromatic rings. The van der Waals surface area contributed by atoms with Gasteiger partial charge in [0.05, 0.1) is 24.6 Å². The predicted octanol–water partition coefficient (Wildman–Crippen LogP) is 19.6. The van der Waals surface area contributed by atoms with Gasteiger partial charge in [-0.1, -0.05) is 130 Å². The molecule has 0 spiro atoms. The molecule has 0 aliphatic rings. The minimum atomic E-state index is -15.0. The average Bonchev–Trinajstić information content (AvgIpc) is 3.09. The van der Waals surface area contributed by atoms with E-state index < -0.39 is 49.7 Å². The quantitative estimate of drug-likeness (QED) is 0.0369. The van der Waals surface area contributed by atoms with Crippen LogP contribution in [0.1, 0.15) is 182 Å². The fourth-order valence-corrected chi connectivity index (χ4v) is 14.5. The van der Waals surface area contributed by atoms with E-state index in [1.807, 2.05) is 0 Å². The van der Waals surface area contributed by atoms with Crippen molar-refractivity contribution in [1.82, 2.24) is 0 Å². The van der Waals surface area contributed by atoms with E-state index in [-0.39, 0.29) is 0 Å². The summed E-state index contributed by atoms with van der Waals surface area (Å²) in [5.74, 6) is 0. The third-order valence-electron chi connectivity index (χ3n) is 10.8. The van der Waals surface area contributed by atoms with Gasteiger partial charge in [0.25, 0.3) is 0 Å². The molecule has 0 saturated heterocycles. The van der Waals surface area contributed by atoms with Crippen molar-refractivity contribution in [3.8, 4) is 0 Å².